The molecule has 25 heavy (non-hydrogen) atoms. The summed E-state index contributed by atoms with van der Waals surface area (Å²) in [5.41, 5.74) is 0.659. The fourth-order valence-electron chi connectivity index (χ4n) is 2.75. The first-order valence-electron chi connectivity index (χ1n) is 8.19. The van der Waals surface area contributed by atoms with E-state index in [0.29, 0.717) is 43.0 Å². The number of aromatic nitrogens is 1. The third kappa shape index (κ3) is 3.84. The molecule has 1 N–H and O–H groups in total. The zero-order chi connectivity index (χ0) is 18.2. The number of halogens is 1. The number of benzene rings is 1. The van der Waals surface area contributed by atoms with Crippen molar-refractivity contribution in [2.45, 2.75) is 33.0 Å². The summed E-state index contributed by atoms with van der Waals surface area (Å²) in [6.07, 6.45) is -0.356. The molecule has 1 aliphatic heterocycles. The molecule has 1 aromatic carbocycles. The number of piperazine rings is 1. The molecule has 0 unspecified atom stereocenters. The Kier molecular flexibility index (Phi) is 4.55. The van der Waals surface area contributed by atoms with Crippen molar-refractivity contribution in [1.29, 1.82) is 0 Å². The minimum absolute atomic E-state index is 0.154. The fraction of sp³-hybridized carbons (Fsp3) is 0.529. The first-order chi connectivity index (χ1) is 11.8. The van der Waals surface area contributed by atoms with Gasteiger partial charge in [-0.25, -0.2) is 14.2 Å². The second kappa shape index (κ2) is 6.51. The van der Waals surface area contributed by atoms with Gasteiger partial charge in [0.2, 0.25) is 5.89 Å². The van der Waals surface area contributed by atoms with Crippen LogP contribution in [0.3, 0.4) is 0 Å². The minimum atomic E-state index is -0.540. The third-order valence-corrected chi connectivity index (χ3v) is 3.91. The van der Waals surface area contributed by atoms with Crippen LogP contribution in [0.5, 0.6) is 0 Å². The predicted octanol–water partition coefficient (Wildman–Crippen LogP) is 2.52. The van der Waals surface area contributed by atoms with Gasteiger partial charge in [0.05, 0.1) is 5.69 Å². The molecule has 0 atom stereocenters. The number of fused-ring (bicyclic) bond motifs is 1. The van der Waals surface area contributed by atoms with E-state index in [-0.39, 0.29) is 18.6 Å². The van der Waals surface area contributed by atoms with Gasteiger partial charge in [0, 0.05) is 38.3 Å². The average Bonchev–Trinajstić information content (AvgIpc) is 2.94. The maximum absolute atomic E-state index is 14.4. The summed E-state index contributed by atoms with van der Waals surface area (Å²) >= 11 is 0. The standard InChI is InChI=1S/C17H22FN3O4/c1-17(2,3)25-16(23)21-6-4-20(5-7-21)13-9-14-12(8-11(13)18)19-15(10-22)24-14/h8-9,22H,4-7,10H2,1-3H3. The van der Waals surface area contributed by atoms with Gasteiger partial charge in [0.25, 0.3) is 0 Å². The van der Waals surface area contributed by atoms with Crippen LogP contribution in [0.1, 0.15) is 26.7 Å². The van der Waals surface area contributed by atoms with Crippen LogP contribution in [0, 0.1) is 5.82 Å². The van der Waals surface area contributed by atoms with Gasteiger partial charge in [0.1, 0.15) is 23.5 Å². The molecule has 0 bridgehead atoms. The maximum atomic E-state index is 14.4. The van der Waals surface area contributed by atoms with Gasteiger partial charge in [-0.05, 0) is 20.8 Å². The van der Waals surface area contributed by atoms with E-state index in [9.17, 15) is 9.18 Å². The van der Waals surface area contributed by atoms with Crippen LogP contribution in [-0.4, -0.2) is 52.9 Å². The minimum Gasteiger partial charge on any atom is -0.444 e. The number of hydrogen-bond donors (Lipinski definition) is 1. The summed E-state index contributed by atoms with van der Waals surface area (Å²) in [6, 6.07) is 2.88. The molecular weight excluding hydrogens is 329 g/mol. The van der Waals surface area contributed by atoms with E-state index in [1.54, 1.807) is 11.0 Å². The van der Waals surface area contributed by atoms with Crippen molar-refractivity contribution >= 4 is 22.9 Å². The zero-order valence-electron chi connectivity index (χ0n) is 14.6. The second-order valence-corrected chi connectivity index (χ2v) is 6.99. The van der Waals surface area contributed by atoms with Crippen molar-refractivity contribution in [2.24, 2.45) is 0 Å². The van der Waals surface area contributed by atoms with Gasteiger partial charge < -0.3 is 24.1 Å². The van der Waals surface area contributed by atoms with Crippen molar-refractivity contribution in [3.8, 4) is 0 Å². The molecule has 1 aliphatic rings. The molecule has 2 heterocycles. The lowest BCUT2D eigenvalue weighted by molar-refractivity contribution is 0.0240. The van der Waals surface area contributed by atoms with Crippen LogP contribution >= 0.6 is 0 Å². The molecule has 8 heteroatoms. The number of aliphatic hydroxyl groups is 1. The molecule has 0 spiro atoms. The average molecular weight is 351 g/mol. The third-order valence-electron chi connectivity index (χ3n) is 3.91. The monoisotopic (exact) mass is 351 g/mol. The van der Waals surface area contributed by atoms with E-state index in [0.717, 1.165) is 0 Å². The molecule has 1 aromatic heterocycles. The topological polar surface area (TPSA) is 79.0 Å². The normalized spacial score (nSPS) is 15.7. The molecule has 136 valence electrons. The lowest BCUT2D eigenvalue weighted by atomic mass is 10.2. The molecule has 1 amide bonds. The summed E-state index contributed by atoms with van der Waals surface area (Å²) in [7, 11) is 0. The van der Waals surface area contributed by atoms with Gasteiger partial charge in [-0.1, -0.05) is 0 Å². The van der Waals surface area contributed by atoms with E-state index in [1.807, 2.05) is 25.7 Å². The Balaban J connectivity index is 1.71. The summed E-state index contributed by atoms with van der Waals surface area (Å²) in [6.45, 7) is 7.01. The highest BCUT2D eigenvalue weighted by molar-refractivity contribution is 5.78. The molecule has 7 nitrogen and oxygen atoms in total. The van der Waals surface area contributed by atoms with Gasteiger partial charge >= 0.3 is 6.09 Å². The van der Waals surface area contributed by atoms with Gasteiger partial charge in [-0.3, -0.25) is 0 Å². The highest BCUT2D eigenvalue weighted by atomic mass is 19.1. The number of rotatable bonds is 2. The van der Waals surface area contributed by atoms with Crippen LogP contribution in [0.2, 0.25) is 0 Å². The molecular formula is C17H22FN3O4. The number of nitrogens with zero attached hydrogens (tertiary/aromatic N) is 3. The van der Waals surface area contributed by atoms with E-state index in [4.69, 9.17) is 14.3 Å². The Morgan fingerprint density at radius 1 is 1.32 bits per heavy atom. The van der Waals surface area contributed by atoms with Crippen LogP contribution in [0.25, 0.3) is 11.1 Å². The van der Waals surface area contributed by atoms with Gasteiger partial charge in [-0.2, -0.15) is 0 Å². The Bertz CT molecular complexity index is 776. The summed E-state index contributed by atoms with van der Waals surface area (Å²) in [5, 5.41) is 9.08. The SMILES string of the molecule is CC(C)(C)OC(=O)N1CCN(c2cc3oc(CO)nc3cc2F)CC1. The second-order valence-electron chi connectivity index (χ2n) is 6.99. The molecule has 1 fully saturated rings. The lowest BCUT2D eigenvalue weighted by Gasteiger charge is -2.36. The molecule has 0 saturated carbocycles. The number of amides is 1. The number of hydrogen-bond acceptors (Lipinski definition) is 6. The highest BCUT2D eigenvalue weighted by Crippen LogP contribution is 2.27. The number of oxazole rings is 1. The van der Waals surface area contributed by atoms with Gasteiger partial charge in [-0.15, -0.1) is 0 Å². The Morgan fingerprint density at radius 2 is 2.00 bits per heavy atom. The van der Waals surface area contributed by atoms with Crippen molar-refractivity contribution in [1.82, 2.24) is 9.88 Å². The fourth-order valence-corrected chi connectivity index (χ4v) is 2.75. The Hall–Kier alpha value is -2.35. The number of aliphatic hydroxyl groups excluding tert-OH is 1. The largest absolute Gasteiger partial charge is 0.444 e. The van der Waals surface area contributed by atoms with Crippen LogP contribution < -0.4 is 4.90 Å². The summed E-state index contributed by atoms with van der Waals surface area (Å²) < 4.78 is 25.1. The van der Waals surface area contributed by atoms with E-state index in [1.165, 1.54) is 6.07 Å². The number of ether oxygens (including phenoxy) is 1. The van der Waals surface area contributed by atoms with Crippen molar-refractivity contribution in [3.63, 3.8) is 0 Å². The Labute approximate surface area is 145 Å². The maximum Gasteiger partial charge on any atom is 0.410 e. The zero-order valence-corrected chi connectivity index (χ0v) is 14.6. The van der Waals surface area contributed by atoms with E-state index in [2.05, 4.69) is 4.98 Å². The molecule has 1 saturated heterocycles. The number of carbonyl (C=O) groups excluding carboxylic acids is 1. The van der Waals surface area contributed by atoms with Gasteiger partial charge in [0.15, 0.2) is 5.58 Å². The van der Waals surface area contributed by atoms with E-state index >= 15 is 0 Å². The highest BCUT2D eigenvalue weighted by Gasteiger charge is 2.27. The first-order valence-corrected chi connectivity index (χ1v) is 8.19. The molecule has 0 aliphatic carbocycles. The summed E-state index contributed by atoms with van der Waals surface area (Å²) in [5.74, 6) is -0.252. The number of carbonyl (C=O) groups is 1. The van der Waals surface area contributed by atoms with Crippen LogP contribution in [-0.2, 0) is 11.3 Å². The predicted molar refractivity (Wildman–Crippen MR) is 89.9 cm³/mol. The smallest absolute Gasteiger partial charge is 0.410 e. The first kappa shape index (κ1) is 17.5. The van der Waals surface area contributed by atoms with Crippen molar-refractivity contribution in [2.75, 3.05) is 31.1 Å². The molecule has 3 rings (SSSR count). The van der Waals surface area contributed by atoms with E-state index < -0.39 is 11.4 Å². The quantitative estimate of drug-likeness (QED) is 0.896. The molecule has 2 aromatic rings. The van der Waals surface area contributed by atoms with Crippen LogP contribution in [0.15, 0.2) is 16.5 Å². The number of anilines is 1. The van der Waals surface area contributed by atoms with Crippen molar-refractivity contribution in [3.05, 3.63) is 23.8 Å². The summed E-state index contributed by atoms with van der Waals surface area (Å²) in [4.78, 5) is 19.6. The Morgan fingerprint density at radius 3 is 2.60 bits per heavy atom. The van der Waals surface area contributed by atoms with Crippen molar-refractivity contribution < 1.29 is 23.4 Å². The lowest BCUT2D eigenvalue weighted by Crippen LogP contribution is -2.50. The van der Waals surface area contributed by atoms with Crippen LogP contribution in [0.4, 0.5) is 14.9 Å². The molecule has 0 radical (unpaired) electrons.